The van der Waals surface area contributed by atoms with Crippen LogP contribution in [-0.4, -0.2) is 10.9 Å². The Morgan fingerprint density at radius 3 is 2.63 bits per heavy atom. The summed E-state index contributed by atoms with van der Waals surface area (Å²) in [5.74, 6) is -0.156. The minimum Gasteiger partial charge on any atom is -0.298 e. The summed E-state index contributed by atoms with van der Waals surface area (Å²) in [6.07, 6.45) is 3.35. The molecule has 98 valence electrons. The molecule has 0 atom stereocenters. The molecule has 0 aliphatic carbocycles. The molecule has 4 heteroatoms. The van der Waals surface area contributed by atoms with Crippen LogP contribution in [0.4, 0.5) is 5.13 Å². The molecule has 2 rings (SSSR count). The second kappa shape index (κ2) is 5.80. The average molecular weight is 272 g/mol. The lowest BCUT2D eigenvalue weighted by atomic mass is 10.1. The highest BCUT2D eigenvalue weighted by Gasteiger charge is 2.05. The third-order valence-corrected chi connectivity index (χ3v) is 3.85. The molecule has 0 unspecified atom stereocenters. The molecule has 1 amide bonds. The number of hydrogen-bond acceptors (Lipinski definition) is 3. The SMILES string of the molecule is Cc1ccccc1/C=C/C(=O)Nc1nc(C)c(C)s1. The summed E-state index contributed by atoms with van der Waals surface area (Å²) >= 11 is 1.49. The summed E-state index contributed by atoms with van der Waals surface area (Å²) in [4.78, 5) is 17.2. The molecule has 2 aromatic rings. The van der Waals surface area contributed by atoms with Gasteiger partial charge in [0, 0.05) is 11.0 Å². The summed E-state index contributed by atoms with van der Waals surface area (Å²) in [7, 11) is 0. The first kappa shape index (κ1) is 13.5. The van der Waals surface area contributed by atoms with Crippen LogP contribution in [0.3, 0.4) is 0 Å². The van der Waals surface area contributed by atoms with Crippen LogP contribution < -0.4 is 5.32 Å². The molecule has 0 aliphatic rings. The van der Waals surface area contributed by atoms with Gasteiger partial charge in [-0.1, -0.05) is 24.3 Å². The summed E-state index contributed by atoms with van der Waals surface area (Å²) in [5.41, 5.74) is 3.15. The molecule has 1 aromatic carbocycles. The molecule has 0 saturated heterocycles. The number of thiazole rings is 1. The number of anilines is 1. The van der Waals surface area contributed by atoms with Crippen molar-refractivity contribution in [1.82, 2.24) is 4.98 Å². The maximum absolute atomic E-state index is 11.8. The van der Waals surface area contributed by atoms with Gasteiger partial charge in [0.05, 0.1) is 5.69 Å². The molecule has 0 saturated carbocycles. The van der Waals surface area contributed by atoms with E-state index in [4.69, 9.17) is 0 Å². The van der Waals surface area contributed by atoms with E-state index in [-0.39, 0.29) is 5.91 Å². The second-order valence-corrected chi connectivity index (χ2v) is 5.54. The van der Waals surface area contributed by atoms with E-state index in [0.29, 0.717) is 5.13 Å². The summed E-state index contributed by atoms with van der Waals surface area (Å²) in [6, 6.07) is 7.94. The highest BCUT2D eigenvalue weighted by atomic mass is 32.1. The van der Waals surface area contributed by atoms with Crippen molar-refractivity contribution in [2.45, 2.75) is 20.8 Å². The third kappa shape index (κ3) is 3.51. The molecular weight excluding hydrogens is 256 g/mol. The summed E-state index contributed by atoms with van der Waals surface area (Å²) in [6.45, 7) is 5.95. The van der Waals surface area contributed by atoms with E-state index in [9.17, 15) is 4.79 Å². The number of aromatic nitrogens is 1. The number of rotatable bonds is 3. The number of amides is 1. The van der Waals surface area contributed by atoms with Gasteiger partial charge in [0.25, 0.3) is 0 Å². The predicted molar refractivity (Wildman–Crippen MR) is 80.4 cm³/mol. The monoisotopic (exact) mass is 272 g/mol. The number of hydrogen-bond donors (Lipinski definition) is 1. The van der Waals surface area contributed by atoms with Gasteiger partial charge < -0.3 is 0 Å². The Bertz CT molecular complexity index is 609. The van der Waals surface area contributed by atoms with Crippen molar-refractivity contribution in [2.24, 2.45) is 0 Å². The van der Waals surface area contributed by atoms with Gasteiger partial charge in [-0.15, -0.1) is 11.3 Å². The largest absolute Gasteiger partial charge is 0.298 e. The molecule has 19 heavy (non-hydrogen) atoms. The quantitative estimate of drug-likeness (QED) is 0.865. The lowest BCUT2D eigenvalue weighted by molar-refractivity contribution is -0.111. The Balaban J connectivity index is 2.04. The minimum absolute atomic E-state index is 0.156. The van der Waals surface area contributed by atoms with Crippen molar-refractivity contribution < 1.29 is 4.79 Å². The Morgan fingerprint density at radius 1 is 1.26 bits per heavy atom. The number of nitrogens with one attached hydrogen (secondary N) is 1. The first-order chi connectivity index (χ1) is 9.06. The smallest absolute Gasteiger partial charge is 0.250 e. The summed E-state index contributed by atoms with van der Waals surface area (Å²) in [5, 5.41) is 3.42. The molecule has 0 spiro atoms. The molecule has 0 aliphatic heterocycles. The van der Waals surface area contributed by atoms with Gasteiger partial charge in [0.2, 0.25) is 5.91 Å². The Kier molecular flexibility index (Phi) is 4.12. The number of benzene rings is 1. The van der Waals surface area contributed by atoms with E-state index in [1.807, 2.05) is 51.1 Å². The van der Waals surface area contributed by atoms with Gasteiger partial charge >= 0.3 is 0 Å². The molecule has 1 heterocycles. The zero-order valence-corrected chi connectivity index (χ0v) is 12.0. The van der Waals surface area contributed by atoms with Crippen molar-refractivity contribution in [3.63, 3.8) is 0 Å². The first-order valence-corrected chi connectivity index (χ1v) is 6.86. The van der Waals surface area contributed by atoms with Crippen LogP contribution in [0, 0.1) is 20.8 Å². The second-order valence-electron chi connectivity index (χ2n) is 4.34. The lowest BCUT2D eigenvalue weighted by Crippen LogP contribution is -2.07. The van der Waals surface area contributed by atoms with Crippen LogP contribution in [-0.2, 0) is 4.79 Å². The Morgan fingerprint density at radius 2 is 2.00 bits per heavy atom. The molecular formula is C15H16N2OS. The number of carbonyl (C=O) groups is 1. The van der Waals surface area contributed by atoms with E-state index in [2.05, 4.69) is 10.3 Å². The molecule has 0 radical (unpaired) electrons. The van der Waals surface area contributed by atoms with Gasteiger partial charge in [-0.05, 0) is 38.0 Å². The average Bonchev–Trinajstić information content (AvgIpc) is 2.67. The summed E-state index contributed by atoms with van der Waals surface area (Å²) < 4.78 is 0. The minimum atomic E-state index is -0.156. The maximum Gasteiger partial charge on any atom is 0.250 e. The van der Waals surface area contributed by atoms with Gasteiger partial charge in [0.1, 0.15) is 0 Å². The van der Waals surface area contributed by atoms with Gasteiger partial charge in [-0.25, -0.2) is 4.98 Å². The number of nitrogens with zero attached hydrogens (tertiary/aromatic N) is 1. The van der Waals surface area contributed by atoms with Crippen molar-refractivity contribution in [2.75, 3.05) is 5.32 Å². The highest BCUT2D eigenvalue weighted by Crippen LogP contribution is 2.21. The Labute approximate surface area is 117 Å². The van der Waals surface area contributed by atoms with Crippen LogP contribution in [0.25, 0.3) is 6.08 Å². The third-order valence-electron chi connectivity index (χ3n) is 2.86. The fraction of sp³-hybridized carbons (Fsp3) is 0.200. The zero-order chi connectivity index (χ0) is 13.8. The van der Waals surface area contributed by atoms with Crippen molar-refractivity contribution in [3.05, 3.63) is 52.0 Å². The zero-order valence-electron chi connectivity index (χ0n) is 11.2. The van der Waals surface area contributed by atoms with Crippen LogP contribution in [0.5, 0.6) is 0 Å². The topological polar surface area (TPSA) is 42.0 Å². The van der Waals surface area contributed by atoms with Crippen molar-refractivity contribution in [1.29, 1.82) is 0 Å². The molecule has 0 bridgehead atoms. The normalized spacial score (nSPS) is 10.9. The predicted octanol–water partition coefficient (Wildman–Crippen LogP) is 3.72. The number of aryl methyl sites for hydroxylation is 3. The fourth-order valence-corrected chi connectivity index (χ4v) is 2.43. The van der Waals surface area contributed by atoms with Gasteiger partial charge in [-0.2, -0.15) is 0 Å². The van der Waals surface area contributed by atoms with Crippen LogP contribution in [0.15, 0.2) is 30.3 Å². The number of carbonyl (C=O) groups excluding carboxylic acids is 1. The van der Waals surface area contributed by atoms with Gasteiger partial charge in [-0.3, -0.25) is 10.1 Å². The van der Waals surface area contributed by atoms with E-state index >= 15 is 0 Å². The fourth-order valence-electron chi connectivity index (χ4n) is 1.61. The Hall–Kier alpha value is -1.94. The standard InChI is InChI=1S/C15H16N2OS/c1-10-6-4-5-7-13(10)8-9-14(18)17-15-16-11(2)12(3)19-15/h4-9H,1-3H3,(H,16,17,18)/b9-8+. The van der Waals surface area contributed by atoms with Crippen molar-refractivity contribution in [3.8, 4) is 0 Å². The molecule has 1 N–H and O–H groups in total. The maximum atomic E-state index is 11.8. The van der Waals surface area contributed by atoms with Crippen molar-refractivity contribution >= 4 is 28.5 Å². The molecule has 0 fully saturated rings. The van der Waals surface area contributed by atoms with Gasteiger partial charge in [0.15, 0.2) is 5.13 Å². The van der Waals surface area contributed by atoms with E-state index in [0.717, 1.165) is 21.7 Å². The van der Waals surface area contributed by atoms with Crippen LogP contribution >= 0.6 is 11.3 Å². The van der Waals surface area contributed by atoms with E-state index in [1.165, 1.54) is 17.4 Å². The molecule has 1 aromatic heterocycles. The van der Waals surface area contributed by atoms with Crippen LogP contribution in [0.1, 0.15) is 21.7 Å². The highest BCUT2D eigenvalue weighted by molar-refractivity contribution is 7.15. The van der Waals surface area contributed by atoms with Crippen LogP contribution in [0.2, 0.25) is 0 Å². The van der Waals surface area contributed by atoms with E-state index in [1.54, 1.807) is 0 Å². The molecule has 3 nitrogen and oxygen atoms in total. The van der Waals surface area contributed by atoms with E-state index < -0.39 is 0 Å². The lowest BCUT2D eigenvalue weighted by Gasteiger charge is -1.99. The first-order valence-electron chi connectivity index (χ1n) is 6.05.